The van der Waals surface area contributed by atoms with Crippen LogP contribution in [0.25, 0.3) is 21.6 Å². The normalized spacial score (nSPS) is 26.3. The lowest BCUT2D eigenvalue weighted by molar-refractivity contribution is -0.163. The third-order valence-electron chi connectivity index (χ3n) is 9.20. The molecule has 7 rings (SSSR count). The molecule has 3 fully saturated rings. The van der Waals surface area contributed by atoms with E-state index in [0.29, 0.717) is 18.9 Å². The first-order valence-corrected chi connectivity index (χ1v) is 16.8. The van der Waals surface area contributed by atoms with Crippen molar-refractivity contribution in [3.63, 3.8) is 0 Å². The van der Waals surface area contributed by atoms with Crippen molar-refractivity contribution in [2.24, 2.45) is 11.8 Å². The third kappa shape index (κ3) is 5.93. The van der Waals surface area contributed by atoms with Gasteiger partial charge in [-0.2, -0.15) is 0 Å². The second-order valence-electron chi connectivity index (χ2n) is 14.1. The highest BCUT2D eigenvalue weighted by atomic mass is 32.1. The Balaban J connectivity index is 1.21. The number of hydrogen-bond acceptors (Lipinski definition) is 9. The number of fused-ring (bicyclic) bond motifs is 2. The van der Waals surface area contributed by atoms with Gasteiger partial charge in [-0.1, -0.05) is 30.3 Å². The number of carbonyl (C=O) groups is 1. The molecular formula is C34H42N6O4S. The fraction of sp³-hybridized carbons (Fsp3) is 0.529. The van der Waals surface area contributed by atoms with Gasteiger partial charge in [-0.15, -0.1) is 11.3 Å². The zero-order valence-corrected chi connectivity index (χ0v) is 27.4. The van der Waals surface area contributed by atoms with Crippen molar-refractivity contribution in [2.45, 2.75) is 89.9 Å². The Labute approximate surface area is 267 Å². The van der Waals surface area contributed by atoms with Gasteiger partial charge in [0.1, 0.15) is 34.5 Å². The van der Waals surface area contributed by atoms with Gasteiger partial charge in [0, 0.05) is 36.7 Å². The van der Waals surface area contributed by atoms with Crippen LogP contribution in [0.2, 0.25) is 0 Å². The number of anilines is 1. The first-order chi connectivity index (χ1) is 21.5. The van der Waals surface area contributed by atoms with Crippen molar-refractivity contribution in [3.05, 3.63) is 59.5 Å². The maximum absolute atomic E-state index is 13.0. The van der Waals surface area contributed by atoms with E-state index >= 15 is 0 Å². The van der Waals surface area contributed by atoms with Crippen molar-refractivity contribution in [1.82, 2.24) is 24.4 Å². The summed E-state index contributed by atoms with van der Waals surface area (Å²) in [5.74, 6) is 0.183. The van der Waals surface area contributed by atoms with Crippen LogP contribution in [-0.2, 0) is 20.6 Å². The number of piperidine rings is 1. The van der Waals surface area contributed by atoms with E-state index in [0.717, 1.165) is 53.0 Å². The van der Waals surface area contributed by atoms with Crippen LogP contribution in [0.4, 0.5) is 10.6 Å². The fourth-order valence-electron chi connectivity index (χ4n) is 7.42. The summed E-state index contributed by atoms with van der Waals surface area (Å²) in [6.45, 7) is 11.0. The number of ether oxygens (including phenoxy) is 3. The van der Waals surface area contributed by atoms with Gasteiger partial charge in [0.2, 0.25) is 0 Å². The Hall–Kier alpha value is -3.54. The molecule has 0 bridgehead atoms. The number of nitrogen functional groups attached to an aromatic ring is 1. The zero-order valence-electron chi connectivity index (χ0n) is 26.6. The number of rotatable bonds is 5. The van der Waals surface area contributed by atoms with Crippen LogP contribution in [0, 0.1) is 11.8 Å². The monoisotopic (exact) mass is 630 g/mol. The molecule has 0 radical (unpaired) electrons. The molecule has 2 unspecified atom stereocenters. The molecule has 2 saturated heterocycles. The van der Waals surface area contributed by atoms with E-state index in [-0.39, 0.29) is 36.2 Å². The average molecular weight is 631 g/mol. The number of likely N-dealkylation sites (tertiary alicyclic amines) is 1. The SMILES string of the molecule is CC(C)(C)OC(=O)N1CCCC(C2C[C@@H](n3cc(-c4nc(Cc5ccccc5)cs4)c4c(N)ncnc43)[C@@H]3OC(C)(C)O[C@H]23)C1. The molecule has 45 heavy (non-hydrogen) atoms. The predicted molar refractivity (Wildman–Crippen MR) is 174 cm³/mol. The van der Waals surface area contributed by atoms with E-state index in [4.69, 9.17) is 29.9 Å². The van der Waals surface area contributed by atoms with Crippen molar-refractivity contribution in [3.8, 4) is 10.6 Å². The summed E-state index contributed by atoms with van der Waals surface area (Å²) in [7, 11) is 0. The first-order valence-electron chi connectivity index (χ1n) is 15.9. The Kier molecular flexibility index (Phi) is 7.61. The summed E-state index contributed by atoms with van der Waals surface area (Å²) in [6.07, 6.45) is 6.69. The van der Waals surface area contributed by atoms with E-state index in [1.165, 1.54) is 11.9 Å². The topological polar surface area (TPSA) is 118 Å². The zero-order chi connectivity index (χ0) is 31.5. The minimum absolute atomic E-state index is 0.0343. The lowest BCUT2D eigenvalue weighted by atomic mass is 9.83. The van der Waals surface area contributed by atoms with E-state index < -0.39 is 11.4 Å². The number of hydrogen-bond donors (Lipinski definition) is 1. The lowest BCUT2D eigenvalue weighted by Gasteiger charge is -2.38. The van der Waals surface area contributed by atoms with Crippen LogP contribution in [-0.4, -0.2) is 67.2 Å². The third-order valence-corrected chi connectivity index (χ3v) is 10.1. The highest BCUT2D eigenvalue weighted by Gasteiger charge is 2.57. The number of amides is 1. The Morgan fingerprint density at radius 3 is 2.71 bits per heavy atom. The highest BCUT2D eigenvalue weighted by molar-refractivity contribution is 7.13. The molecule has 10 nitrogen and oxygen atoms in total. The molecule has 3 aromatic heterocycles. The molecule has 1 saturated carbocycles. The van der Waals surface area contributed by atoms with Crippen LogP contribution in [0.5, 0.6) is 0 Å². The van der Waals surface area contributed by atoms with Crippen LogP contribution in [0.15, 0.2) is 48.2 Å². The number of aromatic nitrogens is 4. The fourth-order valence-corrected chi connectivity index (χ4v) is 8.25. The molecule has 2 aliphatic heterocycles. The molecule has 5 atom stereocenters. The molecule has 1 amide bonds. The number of carbonyl (C=O) groups excluding carboxylic acids is 1. The van der Waals surface area contributed by atoms with Crippen molar-refractivity contribution < 1.29 is 19.0 Å². The highest BCUT2D eigenvalue weighted by Crippen LogP contribution is 2.52. The Morgan fingerprint density at radius 1 is 1.16 bits per heavy atom. The molecule has 4 aromatic rings. The quantitative estimate of drug-likeness (QED) is 0.267. The van der Waals surface area contributed by atoms with Gasteiger partial charge in [-0.05, 0) is 71.3 Å². The van der Waals surface area contributed by atoms with Crippen LogP contribution < -0.4 is 5.73 Å². The average Bonchev–Trinajstić information content (AvgIpc) is 3.75. The molecule has 0 spiro atoms. The molecular weight excluding hydrogens is 588 g/mol. The minimum Gasteiger partial charge on any atom is -0.444 e. The smallest absolute Gasteiger partial charge is 0.410 e. The van der Waals surface area contributed by atoms with Gasteiger partial charge in [-0.3, -0.25) is 0 Å². The van der Waals surface area contributed by atoms with Crippen LogP contribution >= 0.6 is 11.3 Å². The summed E-state index contributed by atoms with van der Waals surface area (Å²) in [6, 6.07) is 10.3. The molecule has 238 valence electrons. The van der Waals surface area contributed by atoms with E-state index in [1.807, 2.05) is 45.6 Å². The summed E-state index contributed by atoms with van der Waals surface area (Å²) in [4.78, 5) is 29.0. The number of thiazole rings is 1. The van der Waals surface area contributed by atoms with Crippen LogP contribution in [0.3, 0.4) is 0 Å². The molecule has 1 aliphatic carbocycles. The first kappa shape index (κ1) is 30.1. The number of benzene rings is 1. The molecule has 5 heterocycles. The van der Waals surface area contributed by atoms with Gasteiger partial charge in [0.15, 0.2) is 5.79 Å². The van der Waals surface area contributed by atoms with E-state index in [2.05, 4.69) is 45.4 Å². The molecule has 2 N–H and O–H groups in total. The molecule has 3 aliphatic rings. The van der Waals surface area contributed by atoms with Crippen molar-refractivity contribution in [1.29, 1.82) is 0 Å². The number of nitrogens with two attached hydrogens (primary N) is 1. The standard InChI is InChI=1S/C34H42N6O4S/c1-33(2,3)44-32(41)39-13-9-12-21(16-39)23-15-25(28-27(23)42-34(4,5)43-28)40-17-24(26-29(35)36-19-37-30(26)40)31-38-22(18-45-31)14-20-10-7-6-8-11-20/h6-8,10-11,17-19,21,23,25,27-28H,9,12-16H2,1-5H3,(H2,35,36,37)/t21?,23?,25-,27-,28+/m1/s1. The van der Waals surface area contributed by atoms with Gasteiger partial charge in [-0.25, -0.2) is 19.7 Å². The maximum Gasteiger partial charge on any atom is 0.410 e. The summed E-state index contributed by atoms with van der Waals surface area (Å²) >= 11 is 1.61. The van der Waals surface area contributed by atoms with Gasteiger partial charge in [0.05, 0.1) is 23.2 Å². The Bertz CT molecular complexity index is 1700. The lowest BCUT2D eigenvalue weighted by Crippen LogP contribution is -2.46. The largest absolute Gasteiger partial charge is 0.444 e. The summed E-state index contributed by atoms with van der Waals surface area (Å²) < 4.78 is 21.2. The minimum atomic E-state index is -0.715. The van der Waals surface area contributed by atoms with Crippen molar-refractivity contribution in [2.75, 3.05) is 18.8 Å². The second-order valence-corrected chi connectivity index (χ2v) is 14.9. The van der Waals surface area contributed by atoms with Crippen molar-refractivity contribution >= 4 is 34.3 Å². The van der Waals surface area contributed by atoms with Gasteiger partial charge < -0.3 is 29.4 Å². The van der Waals surface area contributed by atoms with Gasteiger partial charge in [0.25, 0.3) is 0 Å². The van der Waals surface area contributed by atoms with Crippen LogP contribution in [0.1, 0.15) is 71.2 Å². The summed E-state index contributed by atoms with van der Waals surface area (Å²) in [5.41, 5.74) is 9.93. The molecule has 1 aromatic carbocycles. The van der Waals surface area contributed by atoms with E-state index in [9.17, 15) is 4.79 Å². The number of nitrogens with zero attached hydrogens (tertiary/aromatic N) is 5. The maximum atomic E-state index is 13.0. The molecule has 11 heteroatoms. The predicted octanol–water partition coefficient (Wildman–Crippen LogP) is 6.46. The second kappa shape index (κ2) is 11.4. The summed E-state index contributed by atoms with van der Waals surface area (Å²) in [5, 5.41) is 3.81. The Morgan fingerprint density at radius 2 is 1.93 bits per heavy atom. The van der Waals surface area contributed by atoms with E-state index in [1.54, 1.807) is 11.3 Å². The van der Waals surface area contributed by atoms with Gasteiger partial charge >= 0.3 is 6.09 Å².